The number of hydrogen-bond acceptors (Lipinski definition) is 9. The first kappa shape index (κ1) is 23.0. The average Bonchev–Trinajstić information content (AvgIpc) is 3.53. The number of nitrogens with zero attached hydrogens (tertiary/aromatic N) is 6. The topological polar surface area (TPSA) is 138 Å². The van der Waals surface area contributed by atoms with Crippen LogP contribution < -0.4 is 10.1 Å². The fraction of sp³-hybridized carbons (Fsp3) is 0.0870. The standard InChI is InChI=1S/C23H16FN7O4S/c1-35-18-7-5-14(10-25-18)20-27-21(29-23(32)17-6-8-19(36-17)31(33)34)16-11-26-30(22(16)28-20)12-13-3-2-4-15(24)9-13/h2-11H,12H2,1H3,(H,27,28,29,32). The predicted octanol–water partition coefficient (Wildman–Crippen LogP) is 4.31. The first-order valence-corrected chi connectivity index (χ1v) is 11.3. The molecule has 0 unspecified atom stereocenters. The Balaban J connectivity index is 1.57. The third-order valence-corrected chi connectivity index (χ3v) is 6.18. The molecule has 0 aliphatic heterocycles. The lowest BCUT2D eigenvalue weighted by atomic mass is 10.2. The molecule has 0 spiro atoms. The maximum atomic E-state index is 13.7. The molecule has 5 aromatic rings. The van der Waals surface area contributed by atoms with Crippen LogP contribution in [0.15, 0.2) is 60.9 Å². The van der Waals surface area contributed by atoms with Crippen molar-refractivity contribution in [2.24, 2.45) is 0 Å². The summed E-state index contributed by atoms with van der Waals surface area (Å²) in [4.78, 5) is 36.8. The molecule has 180 valence electrons. The number of anilines is 1. The number of aromatic nitrogens is 5. The zero-order valence-corrected chi connectivity index (χ0v) is 19.4. The molecule has 0 aliphatic carbocycles. The SMILES string of the molecule is COc1ccc(-c2nc(NC(=O)c3ccc([N+](=O)[O-])s3)c3cnn(Cc4cccc(F)c4)c3n2)cn1. The molecule has 13 heteroatoms. The summed E-state index contributed by atoms with van der Waals surface area (Å²) in [7, 11) is 1.50. The Kier molecular flexibility index (Phi) is 6.04. The van der Waals surface area contributed by atoms with Crippen LogP contribution in [0.2, 0.25) is 0 Å². The number of amides is 1. The summed E-state index contributed by atoms with van der Waals surface area (Å²) in [6, 6.07) is 12.1. The molecule has 4 heterocycles. The minimum atomic E-state index is -0.565. The van der Waals surface area contributed by atoms with Crippen LogP contribution in [0.25, 0.3) is 22.4 Å². The Morgan fingerprint density at radius 2 is 2.06 bits per heavy atom. The summed E-state index contributed by atoms with van der Waals surface area (Å²) in [5.74, 6) is -0.112. The van der Waals surface area contributed by atoms with Crippen molar-refractivity contribution in [3.63, 3.8) is 0 Å². The first-order valence-electron chi connectivity index (χ1n) is 10.5. The highest BCUT2D eigenvalue weighted by Crippen LogP contribution is 2.28. The molecular weight excluding hydrogens is 489 g/mol. The third kappa shape index (κ3) is 4.59. The maximum Gasteiger partial charge on any atom is 0.324 e. The van der Waals surface area contributed by atoms with Crippen LogP contribution in [-0.2, 0) is 6.54 Å². The van der Waals surface area contributed by atoms with Gasteiger partial charge in [-0.15, -0.1) is 0 Å². The summed E-state index contributed by atoms with van der Waals surface area (Å²) in [5, 5.41) is 18.4. The fourth-order valence-corrected chi connectivity index (χ4v) is 4.17. The lowest BCUT2D eigenvalue weighted by Crippen LogP contribution is -2.13. The molecule has 0 radical (unpaired) electrons. The number of nitro groups is 1. The molecule has 0 saturated carbocycles. The normalized spacial score (nSPS) is 10.9. The van der Waals surface area contributed by atoms with Gasteiger partial charge in [0, 0.05) is 23.9 Å². The van der Waals surface area contributed by atoms with E-state index in [0.29, 0.717) is 28.0 Å². The number of methoxy groups -OCH3 is 1. The van der Waals surface area contributed by atoms with Crippen molar-refractivity contribution in [1.29, 1.82) is 0 Å². The van der Waals surface area contributed by atoms with Gasteiger partial charge < -0.3 is 10.1 Å². The number of benzene rings is 1. The molecule has 1 N–H and O–H groups in total. The zero-order valence-electron chi connectivity index (χ0n) is 18.6. The van der Waals surface area contributed by atoms with Crippen molar-refractivity contribution in [3.8, 4) is 17.3 Å². The zero-order chi connectivity index (χ0) is 25.2. The number of nitrogens with one attached hydrogen (secondary N) is 1. The molecule has 0 bridgehead atoms. The van der Waals surface area contributed by atoms with Crippen LogP contribution in [-0.4, -0.2) is 42.7 Å². The third-order valence-electron chi connectivity index (χ3n) is 5.15. The number of carbonyl (C=O) groups is 1. The second-order valence-electron chi connectivity index (χ2n) is 7.50. The van der Waals surface area contributed by atoms with Crippen LogP contribution in [0.3, 0.4) is 0 Å². The Hall–Kier alpha value is -4.78. The Morgan fingerprint density at radius 1 is 1.19 bits per heavy atom. The van der Waals surface area contributed by atoms with Crippen LogP contribution in [0.5, 0.6) is 5.88 Å². The lowest BCUT2D eigenvalue weighted by Gasteiger charge is -2.09. The van der Waals surface area contributed by atoms with Gasteiger partial charge in [0.1, 0.15) is 11.6 Å². The number of rotatable bonds is 7. The summed E-state index contributed by atoms with van der Waals surface area (Å²) in [5.41, 5.74) is 1.62. The molecule has 36 heavy (non-hydrogen) atoms. The van der Waals surface area contributed by atoms with Gasteiger partial charge in [-0.2, -0.15) is 5.10 Å². The number of halogens is 1. The smallest absolute Gasteiger partial charge is 0.324 e. The van der Waals surface area contributed by atoms with Gasteiger partial charge in [0.15, 0.2) is 11.5 Å². The minimum Gasteiger partial charge on any atom is -0.481 e. The van der Waals surface area contributed by atoms with Crippen molar-refractivity contribution in [2.75, 3.05) is 12.4 Å². The van der Waals surface area contributed by atoms with E-state index in [9.17, 15) is 19.3 Å². The predicted molar refractivity (Wildman–Crippen MR) is 130 cm³/mol. The van der Waals surface area contributed by atoms with Gasteiger partial charge in [-0.05, 0) is 29.8 Å². The van der Waals surface area contributed by atoms with Gasteiger partial charge >= 0.3 is 5.00 Å². The van der Waals surface area contributed by atoms with E-state index >= 15 is 0 Å². The van der Waals surface area contributed by atoms with Gasteiger partial charge in [-0.3, -0.25) is 14.9 Å². The van der Waals surface area contributed by atoms with E-state index in [-0.39, 0.29) is 33.9 Å². The van der Waals surface area contributed by atoms with Crippen LogP contribution in [0, 0.1) is 15.9 Å². The molecule has 0 aliphatic rings. The molecule has 5 rings (SSSR count). The second kappa shape index (κ2) is 9.46. The van der Waals surface area contributed by atoms with Crippen molar-refractivity contribution in [1.82, 2.24) is 24.7 Å². The Bertz CT molecular complexity index is 1600. The minimum absolute atomic E-state index is 0.147. The van der Waals surface area contributed by atoms with Gasteiger partial charge in [-0.25, -0.2) is 24.0 Å². The summed E-state index contributed by atoms with van der Waals surface area (Å²) < 4.78 is 20.4. The fourth-order valence-electron chi connectivity index (χ4n) is 3.45. The van der Waals surface area contributed by atoms with E-state index in [1.165, 1.54) is 43.8 Å². The number of carbonyl (C=O) groups excluding carboxylic acids is 1. The number of thiophene rings is 1. The second-order valence-corrected chi connectivity index (χ2v) is 8.57. The van der Waals surface area contributed by atoms with E-state index < -0.39 is 10.8 Å². The number of pyridine rings is 1. The van der Waals surface area contributed by atoms with E-state index in [4.69, 9.17) is 4.74 Å². The summed E-state index contributed by atoms with van der Waals surface area (Å²) in [6.45, 7) is 0.225. The highest BCUT2D eigenvalue weighted by molar-refractivity contribution is 7.17. The van der Waals surface area contributed by atoms with Crippen molar-refractivity contribution in [3.05, 3.63) is 87.3 Å². The van der Waals surface area contributed by atoms with Crippen LogP contribution in [0.4, 0.5) is 15.2 Å². The van der Waals surface area contributed by atoms with Crippen molar-refractivity contribution < 1.29 is 18.8 Å². The van der Waals surface area contributed by atoms with Gasteiger partial charge in [0.2, 0.25) is 5.88 Å². The quantitative estimate of drug-likeness (QED) is 0.255. The summed E-state index contributed by atoms with van der Waals surface area (Å²) >= 11 is 0.752. The van der Waals surface area contributed by atoms with Crippen molar-refractivity contribution >= 4 is 39.1 Å². The van der Waals surface area contributed by atoms with Gasteiger partial charge in [-0.1, -0.05) is 23.5 Å². The summed E-state index contributed by atoms with van der Waals surface area (Å²) in [6.07, 6.45) is 3.03. The van der Waals surface area contributed by atoms with Gasteiger partial charge in [0.05, 0.1) is 35.0 Å². The van der Waals surface area contributed by atoms with E-state index in [0.717, 1.165) is 11.3 Å². The largest absolute Gasteiger partial charge is 0.481 e. The highest BCUT2D eigenvalue weighted by Gasteiger charge is 2.20. The first-order chi connectivity index (χ1) is 17.4. The molecule has 0 atom stereocenters. The number of hydrogen-bond donors (Lipinski definition) is 1. The monoisotopic (exact) mass is 505 g/mol. The Morgan fingerprint density at radius 3 is 2.75 bits per heavy atom. The van der Waals surface area contributed by atoms with E-state index in [1.54, 1.807) is 28.9 Å². The van der Waals surface area contributed by atoms with Crippen molar-refractivity contribution in [2.45, 2.75) is 6.54 Å². The number of ether oxygens (including phenoxy) is 1. The average molecular weight is 505 g/mol. The Labute approximate surface area is 206 Å². The van der Waals surface area contributed by atoms with E-state index in [2.05, 4.69) is 25.4 Å². The van der Waals surface area contributed by atoms with Crippen LogP contribution in [0.1, 0.15) is 15.2 Å². The maximum absolute atomic E-state index is 13.7. The van der Waals surface area contributed by atoms with E-state index in [1.807, 2.05) is 0 Å². The molecule has 1 amide bonds. The molecular formula is C23H16FN7O4S. The molecule has 0 fully saturated rings. The van der Waals surface area contributed by atoms with Crippen LogP contribution >= 0.6 is 11.3 Å². The highest BCUT2D eigenvalue weighted by atomic mass is 32.1. The molecule has 1 aromatic carbocycles. The lowest BCUT2D eigenvalue weighted by molar-refractivity contribution is -0.380. The number of fused-ring (bicyclic) bond motifs is 1. The molecule has 4 aromatic heterocycles. The van der Waals surface area contributed by atoms with Gasteiger partial charge in [0.25, 0.3) is 5.91 Å². The molecule has 11 nitrogen and oxygen atoms in total. The molecule has 0 saturated heterocycles.